The number of carbonyl (C=O) groups is 1. The lowest BCUT2D eigenvalue weighted by atomic mass is 10.1. The van der Waals surface area contributed by atoms with Crippen molar-refractivity contribution in [2.24, 2.45) is 0 Å². The summed E-state index contributed by atoms with van der Waals surface area (Å²) in [6.07, 6.45) is 3.92. The van der Waals surface area contributed by atoms with Crippen LogP contribution >= 0.6 is 12.4 Å². The van der Waals surface area contributed by atoms with E-state index in [1.807, 2.05) is 18.2 Å². The first-order valence-electron chi connectivity index (χ1n) is 11.6. The second-order valence-corrected chi connectivity index (χ2v) is 9.71. The second kappa shape index (κ2) is 15.2. The Morgan fingerprint density at radius 2 is 1.34 bits per heavy atom. The molecule has 1 amide bonds. The van der Waals surface area contributed by atoms with Crippen LogP contribution < -0.4 is 14.8 Å². The van der Waals surface area contributed by atoms with Gasteiger partial charge in [0, 0.05) is 13.0 Å². The third kappa shape index (κ3) is 10.5. The topological polar surface area (TPSA) is 84.5 Å². The largest absolute Gasteiger partial charge is 0.494 e. The quantitative estimate of drug-likeness (QED) is 0.307. The fraction of sp³-hybridized carbons (Fsp3) is 0.296. The highest BCUT2D eigenvalue weighted by molar-refractivity contribution is 7.90. The molecule has 0 unspecified atom stereocenters. The first-order chi connectivity index (χ1) is 16.5. The zero-order valence-corrected chi connectivity index (χ0v) is 21.3. The maximum atomic E-state index is 12.1. The Kier molecular flexibility index (Phi) is 12.3. The number of amides is 1. The summed E-state index contributed by atoms with van der Waals surface area (Å²) in [5.74, 6) is 0.363. The number of nitrogens with one attached hydrogen (secondary N) is 2. The van der Waals surface area contributed by atoms with Crippen molar-refractivity contribution in [2.75, 3.05) is 19.7 Å². The SMILES string of the molecule is Cl.O=C(CCNCCCc1ccc(OCCCc2ccccc2)cc1)NS(=O)(=O)c1ccccc1. The molecule has 0 atom stereocenters. The summed E-state index contributed by atoms with van der Waals surface area (Å²) in [7, 11) is -3.80. The highest BCUT2D eigenvalue weighted by atomic mass is 35.5. The van der Waals surface area contributed by atoms with Crippen LogP contribution in [0, 0.1) is 0 Å². The van der Waals surface area contributed by atoms with E-state index in [0.29, 0.717) is 13.2 Å². The molecule has 3 aromatic carbocycles. The molecule has 2 N–H and O–H groups in total. The van der Waals surface area contributed by atoms with Gasteiger partial charge in [-0.05, 0) is 67.6 Å². The van der Waals surface area contributed by atoms with Crippen LogP contribution in [0.3, 0.4) is 0 Å². The lowest BCUT2D eigenvalue weighted by Crippen LogP contribution is -2.33. The molecular formula is C27H33ClN2O4S. The van der Waals surface area contributed by atoms with Crippen molar-refractivity contribution in [1.82, 2.24) is 10.0 Å². The van der Waals surface area contributed by atoms with Gasteiger partial charge in [-0.2, -0.15) is 0 Å². The number of sulfonamides is 1. The number of hydrogen-bond donors (Lipinski definition) is 2. The van der Waals surface area contributed by atoms with Crippen LogP contribution in [0.15, 0.2) is 89.8 Å². The molecule has 0 heterocycles. The van der Waals surface area contributed by atoms with E-state index >= 15 is 0 Å². The Balaban J connectivity index is 0.00000432. The van der Waals surface area contributed by atoms with Crippen LogP contribution in [0.25, 0.3) is 0 Å². The van der Waals surface area contributed by atoms with Gasteiger partial charge in [-0.15, -0.1) is 12.4 Å². The molecule has 3 aromatic rings. The lowest BCUT2D eigenvalue weighted by Gasteiger charge is -2.09. The van der Waals surface area contributed by atoms with Gasteiger partial charge < -0.3 is 10.1 Å². The fourth-order valence-corrected chi connectivity index (χ4v) is 4.50. The zero-order valence-electron chi connectivity index (χ0n) is 19.7. The van der Waals surface area contributed by atoms with Gasteiger partial charge in [0.25, 0.3) is 10.0 Å². The molecule has 35 heavy (non-hydrogen) atoms. The van der Waals surface area contributed by atoms with Gasteiger partial charge in [0.15, 0.2) is 0 Å². The molecule has 188 valence electrons. The van der Waals surface area contributed by atoms with Gasteiger partial charge in [0.2, 0.25) is 5.91 Å². The predicted octanol–water partition coefficient (Wildman–Crippen LogP) is 4.54. The number of carbonyl (C=O) groups excluding carboxylic acids is 1. The molecule has 0 saturated carbocycles. The number of aryl methyl sites for hydroxylation is 2. The number of hydrogen-bond acceptors (Lipinski definition) is 5. The van der Waals surface area contributed by atoms with Crippen molar-refractivity contribution in [2.45, 2.75) is 37.0 Å². The molecule has 0 aliphatic carbocycles. The number of benzene rings is 3. The summed E-state index contributed by atoms with van der Waals surface area (Å²) in [4.78, 5) is 12.0. The van der Waals surface area contributed by atoms with E-state index in [1.54, 1.807) is 18.2 Å². The van der Waals surface area contributed by atoms with E-state index in [4.69, 9.17) is 4.74 Å². The molecule has 3 rings (SSSR count). The van der Waals surface area contributed by atoms with E-state index in [0.717, 1.165) is 38.0 Å². The molecule has 6 nitrogen and oxygen atoms in total. The minimum Gasteiger partial charge on any atom is -0.494 e. The molecule has 0 saturated heterocycles. The maximum absolute atomic E-state index is 12.1. The standard InChI is InChI=1S/C27H32N2O4S.ClH/c30-27(29-34(31,32)26-13-5-2-6-14-26)19-21-28-20-7-11-24-15-17-25(18-16-24)33-22-8-12-23-9-3-1-4-10-23;/h1-6,9-10,13-18,28H,7-8,11-12,19-22H2,(H,29,30);1H. The summed E-state index contributed by atoms with van der Waals surface area (Å²) < 4.78 is 32.2. The molecule has 0 fully saturated rings. The van der Waals surface area contributed by atoms with Gasteiger partial charge in [0.1, 0.15) is 5.75 Å². The van der Waals surface area contributed by atoms with Crippen molar-refractivity contribution in [3.05, 3.63) is 96.1 Å². The van der Waals surface area contributed by atoms with E-state index in [1.165, 1.54) is 23.3 Å². The first-order valence-corrected chi connectivity index (χ1v) is 13.1. The van der Waals surface area contributed by atoms with E-state index in [2.05, 4.69) is 46.4 Å². The number of rotatable bonds is 14. The third-order valence-electron chi connectivity index (χ3n) is 5.29. The summed E-state index contributed by atoms with van der Waals surface area (Å²) in [5, 5.41) is 3.19. The van der Waals surface area contributed by atoms with Crippen LogP contribution in [-0.4, -0.2) is 34.0 Å². The van der Waals surface area contributed by atoms with Gasteiger partial charge in [0.05, 0.1) is 11.5 Å². The highest BCUT2D eigenvalue weighted by Gasteiger charge is 2.16. The number of halogens is 1. The van der Waals surface area contributed by atoms with Crippen LogP contribution in [-0.2, 0) is 27.7 Å². The van der Waals surface area contributed by atoms with Gasteiger partial charge in [-0.1, -0.05) is 60.7 Å². The van der Waals surface area contributed by atoms with Crippen LogP contribution in [0.1, 0.15) is 30.4 Å². The molecule has 8 heteroatoms. The summed E-state index contributed by atoms with van der Waals surface area (Å²) in [5.41, 5.74) is 2.55. The third-order valence-corrected chi connectivity index (χ3v) is 6.68. The van der Waals surface area contributed by atoms with Crippen molar-refractivity contribution in [3.8, 4) is 5.75 Å². The maximum Gasteiger partial charge on any atom is 0.264 e. The Morgan fingerprint density at radius 1 is 0.743 bits per heavy atom. The molecule has 0 spiro atoms. The summed E-state index contributed by atoms with van der Waals surface area (Å²) in [6, 6.07) is 26.4. The highest BCUT2D eigenvalue weighted by Crippen LogP contribution is 2.14. The lowest BCUT2D eigenvalue weighted by molar-refractivity contribution is -0.119. The zero-order chi connectivity index (χ0) is 24.1. The first kappa shape index (κ1) is 28.4. The van der Waals surface area contributed by atoms with Crippen molar-refractivity contribution < 1.29 is 17.9 Å². The molecule has 0 aliphatic rings. The monoisotopic (exact) mass is 516 g/mol. The van der Waals surface area contributed by atoms with Crippen LogP contribution in [0.2, 0.25) is 0 Å². The second-order valence-electron chi connectivity index (χ2n) is 8.03. The number of ether oxygens (including phenoxy) is 1. The van der Waals surface area contributed by atoms with Crippen molar-refractivity contribution >= 4 is 28.3 Å². The minimum atomic E-state index is -3.80. The molecule has 0 aromatic heterocycles. The molecular weight excluding hydrogens is 484 g/mol. The Hall–Kier alpha value is -2.87. The Bertz CT molecular complexity index is 1110. The van der Waals surface area contributed by atoms with E-state index in [-0.39, 0.29) is 23.7 Å². The van der Waals surface area contributed by atoms with Crippen molar-refractivity contribution in [3.63, 3.8) is 0 Å². The van der Waals surface area contributed by atoms with E-state index in [9.17, 15) is 13.2 Å². The Morgan fingerprint density at radius 3 is 2.03 bits per heavy atom. The average molecular weight is 517 g/mol. The predicted molar refractivity (Wildman–Crippen MR) is 142 cm³/mol. The smallest absolute Gasteiger partial charge is 0.264 e. The van der Waals surface area contributed by atoms with Crippen LogP contribution in [0.4, 0.5) is 0 Å². The molecule has 0 bridgehead atoms. The minimum absolute atomic E-state index is 0. The van der Waals surface area contributed by atoms with Gasteiger partial charge >= 0.3 is 0 Å². The molecule has 0 radical (unpaired) electrons. The normalized spacial score (nSPS) is 10.9. The van der Waals surface area contributed by atoms with Crippen LogP contribution in [0.5, 0.6) is 5.75 Å². The molecule has 0 aliphatic heterocycles. The summed E-state index contributed by atoms with van der Waals surface area (Å²) in [6.45, 7) is 1.86. The van der Waals surface area contributed by atoms with Gasteiger partial charge in [-0.25, -0.2) is 13.1 Å². The van der Waals surface area contributed by atoms with E-state index < -0.39 is 15.9 Å². The summed E-state index contributed by atoms with van der Waals surface area (Å²) >= 11 is 0. The fourth-order valence-electron chi connectivity index (χ4n) is 3.47. The average Bonchev–Trinajstić information content (AvgIpc) is 2.86. The Labute approximate surface area is 214 Å². The van der Waals surface area contributed by atoms with Crippen molar-refractivity contribution in [1.29, 1.82) is 0 Å². The van der Waals surface area contributed by atoms with Gasteiger partial charge in [-0.3, -0.25) is 4.79 Å².